The van der Waals surface area contributed by atoms with E-state index in [2.05, 4.69) is 4.72 Å². The Labute approximate surface area is 170 Å². The maximum absolute atomic E-state index is 12.5. The Morgan fingerprint density at radius 3 is 2.14 bits per heavy atom. The lowest BCUT2D eigenvalue weighted by molar-refractivity contribution is -0.137. The van der Waals surface area contributed by atoms with Crippen molar-refractivity contribution in [2.45, 2.75) is 24.8 Å². The van der Waals surface area contributed by atoms with Crippen LogP contribution in [0.15, 0.2) is 53.4 Å². The van der Waals surface area contributed by atoms with E-state index in [1.54, 1.807) is 38.4 Å². The Hall–Kier alpha value is -3.07. The zero-order chi connectivity index (χ0) is 21.6. The number of nitrogens with one attached hydrogen (secondary N) is 1. The Morgan fingerprint density at radius 1 is 1.03 bits per heavy atom. The fraction of sp³-hybridized carbons (Fsp3) is 0.300. The van der Waals surface area contributed by atoms with Gasteiger partial charge in [0.1, 0.15) is 5.75 Å². The van der Waals surface area contributed by atoms with Crippen LogP contribution in [-0.2, 0) is 19.6 Å². The molecule has 0 aliphatic heterocycles. The maximum atomic E-state index is 12.5. The molecule has 29 heavy (non-hydrogen) atoms. The SMILES string of the molecule is CCOc1ccc(NS(=O)(=O)c2ccc(C(=O)O[C@H](C)C(=O)N(C)C)cc2)cc1. The van der Waals surface area contributed by atoms with E-state index in [0.29, 0.717) is 18.0 Å². The largest absolute Gasteiger partial charge is 0.494 e. The van der Waals surface area contributed by atoms with Gasteiger partial charge in [0.25, 0.3) is 15.9 Å². The summed E-state index contributed by atoms with van der Waals surface area (Å²) in [6.07, 6.45) is -0.942. The van der Waals surface area contributed by atoms with Crippen molar-refractivity contribution in [1.29, 1.82) is 0 Å². The average Bonchev–Trinajstić information content (AvgIpc) is 2.68. The third-order valence-corrected chi connectivity index (χ3v) is 5.29. The Balaban J connectivity index is 2.07. The minimum atomic E-state index is -3.83. The lowest BCUT2D eigenvalue weighted by atomic mass is 10.2. The first-order chi connectivity index (χ1) is 13.6. The predicted octanol–water partition coefficient (Wildman–Crippen LogP) is 2.52. The zero-order valence-electron chi connectivity index (χ0n) is 16.7. The summed E-state index contributed by atoms with van der Waals surface area (Å²) in [6, 6.07) is 11.8. The summed E-state index contributed by atoms with van der Waals surface area (Å²) < 4.78 is 37.9. The number of amides is 1. The molecular formula is C20H24N2O6S. The number of carbonyl (C=O) groups excluding carboxylic acids is 2. The number of likely N-dealkylation sites (N-methyl/N-ethyl adjacent to an activating group) is 1. The first-order valence-electron chi connectivity index (χ1n) is 8.92. The van der Waals surface area contributed by atoms with Crippen LogP contribution in [0.25, 0.3) is 0 Å². The molecule has 0 aliphatic carbocycles. The third-order valence-electron chi connectivity index (χ3n) is 3.89. The van der Waals surface area contributed by atoms with Crippen molar-refractivity contribution in [2.75, 3.05) is 25.4 Å². The van der Waals surface area contributed by atoms with E-state index in [4.69, 9.17) is 9.47 Å². The molecule has 2 aromatic carbocycles. The summed E-state index contributed by atoms with van der Waals surface area (Å²) >= 11 is 0. The minimum absolute atomic E-state index is 0.0136. The molecule has 156 valence electrons. The van der Waals surface area contributed by atoms with Crippen molar-refractivity contribution in [3.8, 4) is 5.75 Å². The molecule has 2 aromatic rings. The number of carbonyl (C=O) groups is 2. The molecule has 0 aliphatic rings. The number of benzene rings is 2. The highest BCUT2D eigenvalue weighted by molar-refractivity contribution is 7.92. The van der Waals surface area contributed by atoms with Crippen LogP contribution in [0.2, 0.25) is 0 Å². The second-order valence-corrected chi connectivity index (χ2v) is 8.05. The molecule has 0 fully saturated rings. The summed E-state index contributed by atoms with van der Waals surface area (Å²) in [5.41, 5.74) is 0.524. The number of sulfonamides is 1. The summed E-state index contributed by atoms with van der Waals surface area (Å²) in [4.78, 5) is 25.2. The van der Waals surface area contributed by atoms with Crippen LogP contribution in [0, 0.1) is 0 Å². The Kier molecular flexibility index (Phi) is 7.22. The monoisotopic (exact) mass is 420 g/mol. The van der Waals surface area contributed by atoms with Gasteiger partial charge in [-0.05, 0) is 62.4 Å². The maximum Gasteiger partial charge on any atom is 0.338 e. The van der Waals surface area contributed by atoms with Crippen LogP contribution in [0.1, 0.15) is 24.2 Å². The van der Waals surface area contributed by atoms with Gasteiger partial charge < -0.3 is 14.4 Å². The number of nitrogens with zero attached hydrogens (tertiary/aromatic N) is 1. The van der Waals surface area contributed by atoms with Crippen molar-refractivity contribution in [3.05, 3.63) is 54.1 Å². The van der Waals surface area contributed by atoms with Gasteiger partial charge in [-0.1, -0.05) is 0 Å². The van der Waals surface area contributed by atoms with Gasteiger partial charge in [0, 0.05) is 19.8 Å². The quantitative estimate of drug-likeness (QED) is 0.659. The molecule has 1 amide bonds. The molecule has 0 heterocycles. The molecule has 0 radical (unpaired) electrons. The molecule has 0 saturated heterocycles. The van der Waals surface area contributed by atoms with Crippen LogP contribution >= 0.6 is 0 Å². The van der Waals surface area contributed by atoms with E-state index in [1.165, 1.54) is 36.1 Å². The molecule has 1 N–H and O–H groups in total. The van der Waals surface area contributed by atoms with Gasteiger partial charge in [-0.25, -0.2) is 13.2 Å². The molecule has 0 spiro atoms. The first-order valence-corrected chi connectivity index (χ1v) is 10.4. The lowest BCUT2D eigenvalue weighted by Gasteiger charge is -2.17. The van der Waals surface area contributed by atoms with E-state index in [9.17, 15) is 18.0 Å². The van der Waals surface area contributed by atoms with E-state index >= 15 is 0 Å². The summed E-state index contributed by atoms with van der Waals surface area (Å²) in [7, 11) is -0.714. The van der Waals surface area contributed by atoms with Crippen LogP contribution in [0.3, 0.4) is 0 Å². The predicted molar refractivity (Wildman–Crippen MR) is 108 cm³/mol. The van der Waals surface area contributed by atoms with Gasteiger partial charge in [0.05, 0.1) is 17.1 Å². The average molecular weight is 420 g/mol. The van der Waals surface area contributed by atoms with Crippen molar-refractivity contribution in [2.24, 2.45) is 0 Å². The van der Waals surface area contributed by atoms with Crippen LogP contribution in [0.5, 0.6) is 5.75 Å². The van der Waals surface area contributed by atoms with Crippen molar-refractivity contribution in [1.82, 2.24) is 4.90 Å². The van der Waals surface area contributed by atoms with Gasteiger partial charge in [-0.3, -0.25) is 9.52 Å². The second kappa shape index (κ2) is 9.42. The van der Waals surface area contributed by atoms with Crippen molar-refractivity contribution in [3.63, 3.8) is 0 Å². The van der Waals surface area contributed by atoms with Gasteiger partial charge >= 0.3 is 5.97 Å². The van der Waals surface area contributed by atoms with Gasteiger partial charge in [0.2, 0.25) is 0 Å². The molecule has 1 atom stereocenters. The highest BCUT2D eigenvalue weighted by atomic mass is 32.2. The fourth-order valence-corrected chi connectivity index (χ4v) is 3.47. The molecule has 2 rings (SSSR count). The van der Waals surface area contributed by atoms with E-state index < -0.39 is 22.1 Å². The number of ether oxygens (including phenoxy) is 2. The van der Waals surface area contributed by atoms with E-state index in [-0.39, 0.29) is 16.4 Å². The topological polar surface area (TPSA) is 102 Å². The summed E-state index contributed by atoms with van der Waals surface area (Å²) in [6.45, 7) is 3.85. The highest BCUT2D eigenvalue weighted by Crippen LogP contribution is 2.20. The van der Waals surface area contributed by atoms with E-state index in [1.807, 2.05) is 6.92 Å². The summed E-state index contributed by atoms with van der Waals surface area (Å²) in [5.74, 6) is -0.423. The standard InChI is InChI=1S/C20H24N2O6S/c1-5-27-17-10-8-16(9-11-17)21-29(25,26)18-12-6-15(7-13-18)20(24)28-14(2)19(23)22(3)4/h6-14,21H,5H2,1-4H3/t14-/m1/s1. The smallest absolute Gasteiger partial charge is 0.338 e. The molecular weight excluding hydrogens is 396 g/mol. The molecule has 9 heteroatoms. The Bertz CT molecular complexity index is 953. The van der Waals surface area contributed by atoms with Crippen LogP contribution in [-0.4, -0.2) is 52.0 Å². The zero-order valence-corrected chi connectivity index (χ0v) is 17.5. The highest BCUT2D eigenvalue weighted by Gasteiger charge is 2.21. The molecule has 0 bridgehead atoms. The lowest BCUT2D eigenvalue weighted by Crippen LogP contribution is -2.34. The first kappa shape index (κ1) is 22.2. The number of hydrogen-bond donors (Lipinski definition) is 1. The van der Waals surface area contributed by atoms with Gasteiger partial charge in [-0.2, -0.15) is 0 Å². The number of hydrogen-bond acceptors (Lipinski definition) is 6. The van der Waals surface area contributed by atoms with Gasteiger partial charge in [0.15, 0.2) is 6.10 Å². The van der Waals surface area contributed by atoms with Crippen molar-refractivity contribution >= 4 is 27.6 Å². The Morgan fingerprint density at radius 2 is 1.62 bits per heavy atom. The normalized spacial score (nSPS) is 12.0. The minimum Gasteiger partial charge on any atom is -0.494 e. The number of rotatable bonds is 8. The molecule has 0 saturated carbocycles. The second-order valence-electron chi connectivity index (χ2n) is 6.37. The van der Waals surface area contributed by atoms with Crippen molar-refractivity contribution < 1.29 is 27.5 Å². The van der Waals surface area contributed by atoms with Crippen LogP contribution in [0.4, 0.5) is 5.69 Å². The summed E-state index contributed by atoms with van der Waals surface area (Å²) in [5, 5.41) is 0. The molecule has 0 unspecified atom stereocenters. The molecule has 8 nitrogen and oxygen atoms in total. The number of esters is 1. The third kappa shape index (κ3) is 5.95. The molecule has 0 aromatic heterocycles. The van der Waals surface area contributed by atoms with Crippen LogP contribution < -0.4 is 9.46 Å². The van der Waals surface area contributed by atoms with Gasteiger partial charge in [-0.15, -0.1) is 0 Å². The number of anilines is 1. The fourth-order valence-electron chi connectivity index (χ4n) is 2.41. The van der Waals surface area contributed by atoms with E-state index in [0.717, 1.165) is 0 Å².